The quantitative estimate of drug-likeness (QED) is 0.724. The van der Waals surface area contributed by atoms with Crippen LogP contribution in [0.2, 0.25) is 0 Å². The Hall–Kier alpha value is -0.950. The number of likely N-dealkylation sites (N-methyl/N-ethyl adjacent to an activating group) is 1. The normalized spacial score (nSPS) is 28.4. The number of benzene rings is 1. The number of carbonyl (C=O) groups is 1. The van der Waals surface area contributed by atoms with Gasteiger partial charge in [-0.1, -0.05) is 22.4 Å². The molecule has 0 N–H and O–H groups in total. The fraction of sp³-hybridized carbons (Fsp3) is 0.667. The van der Waals surface area contributed by atoms with Crippen molar-refractivity contribution in [1.82, 2.24) is 9.80 Å². The summed E-state index contributed by atoms with van der Waals surface area (Å²) in [5.41, 5.74) is 0.728. The van der Waals surface area contributed by atoms with Crippen LogP contribution >= 0.6 is 15.9 Å². The molecule has 1 aromatic rings. The Morgan fingerprint density at radius 1 is 1.15 bits per heavy atom. The minimum atomic E-state index is -0.495. The van der Waals surface area contributed by atoms with Crippen molar-refractivity contribution < 1.29 is 14.3 Å². The zero-order valence-electron chi connectivity index (χ0n) is 16.0. The molecule has 0 radical (unpaired) electrons. The summed E-state index contributed by atoms with van der Waals surface area (Å²) in [4.78, 5) is 17.7. The molecular weight excluding hydrogens is 408 g/mol. The van der Waals surface area contributed by atoms with Gasteiger partial charge in [-0.15, -0.1) is 0 Å². The van der Waals surface area contributed by atoms with Crippen molar-refractivity contribution in [3.8, 4) is 0 Å². The molecule has 2 atom stereocenters. The number of rotatable bonds is 3. The van der Waals surface area contributed by atoms with E-state index >= 15 is 0 Å². The van der Waals surface area contributed by atoms with Gasteiger partial charge in [0.15, 0.2) is 5.79 Å². The van der Waals surface area contributed by atoms with Gasteiger partial charge in [0, 0.05) is 36.0 Å². The molecule has 27 heavy (non-hydrogen) atoms. The monoisotopic (exact) mass is 436 g/mol. The standard InChI is InChI=1S/C21H29BrN2O3/c1-23(20(25)16-5-7-17(22)8-6-16)19-15-21(26-13-14-27-21)10-9-18(19)24-11-3-2-4-12-24/h5-8,18-19H,2-4,9-15H2,1H3/t18-,19-/m1/s1. The smallest absolute Gasteiger partial charge is 0.253 e. The first-order valence-electron chi connectivity index (χ1n) is 10.1. The summed E-state index contributed by atoms with van der Waals surface area (Å²) in [5.74, 6) is -0.421. The first-order chi connectivity index (χ1) is 13.1. The van der Waals surface area contributed by atoms with Crippen LogP contribution in [-0.4, -0.2) is 66.9 Å². The molecule has 2 heterocycles. The van der Waals surface area contributed by atoms with Crippen LogP contribution in [0.15, 0.2) is 28.7 Å². The number of piperidine rings is 1. The third kappa shape index (κ3) is 4.09. The Bertz CT molecular complexity index is 654. The average Bonchev–Trinajstić information content (AvgIpc) is 3.16. The van der Waals surface area contributed by atoms with Crippen LogP contribution in [0, 0.1) is 0 Å². The summed E-state index contributed by atoms with van der Waals surface area (Å²) in [7, 11) is 1.94. The van der Waals surface area contributed by atoms with Gasteiger partial charge in [-0.25, -0.2) is 0 Å². The van der Waals surface area contributed by atoms with Gasteiger partial charge >= 0.3 is 0 Å². The molecule has 1 aliphatic carbocycles. The number of nitrogens with zero attached hydrogens (tertiary/aromatic N) is 2. The molecule has 3 fully saturated rings. The lowest BCUT2D eigenvalue weighted by molar-refractivity contribution is -0.196. The fourth-order valence-corrected chi connectivity index (χ4v) is 5.16. The maximum atomic E-state index is 13.2. The van der Waals surface area contributed by atoms with Crippen LogP contribution in [0.5, 0.6) is 0 Å². The van der Waals surface area contributed by atoms with E-state index in [1.807, 2.05) is 36.2 Å². The second-order valence-corrected chi connectivity index (χ2v) is 8.92. The Morgan fingerprint density at radius 3 is 2.48 bits per heavy atom. The van der Waals surface area contributed by atoms with Crippen LogP contribution in [0.1, 0.15) is 48.9 Å². The summed E-state index contributed by atoms with van der Waals surface area (Å²) < 4.78 is 13.0. The Labute approximate surface area is 170 Å². The number of carbonyl (C=O) groups excluding carboxylic acids is 1. The molecular formula is C21H29BrN2O3. The van der Waals surface area contributed by atoms with E-state index in [0.717, 1.165) is 42.4 Å². The SMILES string of the molecule is CN(C(=O)c1ccc(Br)cc1)[C@@H]1CC2(CC[C@H]1N1CCCCC1)OCCO2. The highest BCUT2D eigenvalue weighted by Gasteiger charge is 2.48. The number of likely N-dealkylation sites (tertiary alicyclic amines) is 1. The minimum absolute atomic E-state index is 0.0737. The third-order valence-electron chi connectivity index (χ3n) is 6.37. The van der Waals surface area contributed by atoms with Gasteiger partial charge in [0.1, 0.15) is 0 Å². The number of hydrogen-bond donors (Lipinski definition) is 0. The molecule has 1 spiro atoms. The summed E-state index contributed by atoms with van der Waals surface area (Å²) in [6.45, 7) is 3.59. The molecule has 0 bridgehead atoms. The summed E-state index contributed by atoms with van der Waals surface area (Å²) in [6, 6.07) is 8.11. The molecule has 1 amide bonds. The largest absolute Gasteiger partial charge is 0.347 e. The molecule has 0 unspecified atom stereocenters. The topological polar surface area (TPSA) is 42.0 Å². The minimum Gasteiger partial charge on any atom is -0.347 e. The molecule has 2 aliphatic heterocycles. The van der Waals surface area contributed by atoms with Crippen LogP contribution in [0.3, 0.4) is 0 Å². The molecule has 6 heteroatoms. The Kier molecular flexibility index (Phi) is 5.88. The Morgan fingerprint density at radius 2 is 1.81 bits per heavy atom. The zero-order chi connectivity index (χ0) is 18.9. The highest BCUT2D eigenvalue weighted by atomic mass is 79.9. The summed E-state index contributed by atoms with van der Waals surface area (Å²) >= 11 is 3.45. The van der Waals surface area contributed by atoms with Gasteiger partial charge < -0.3 is 14.4 Å². The molecule has 1 aromatic carbocycles. The van der Waals surface area contributed by atoms with E-state index in [1.165, 1.54) is 19.3 Å². The number of halogens is 1. The summed E-state index contributed by atoms with van der Waals surface area (Å²) in [5, 5.41) is 0. The fourth-order valence-electron chi connectivity index (χ4n) is 4.89. The van der Waals surface area contributed by atoms with Crippen molar-refractivity contribution in [1.29, 1.82) is 0 Å². The molecule has 148 valence electrons. The van der Waals surface area contributed by atoms with Gasteiger partial charge in [-0.3, -0.25) is 9.69 Å². The first kappa shape index (κ1) is 19.4. The first-order valence-corrected chi connectivity index (χ1v) is 10.9. The number of amides is 1. The average molecular weight is 437 g/mol. The van der Waals surface area contributed by atoms with Crippen molar-refractivity contribution in [2.75, 3.05) is 33.4 Å². The van der Waals surface area contributed by atoms with Crippen molar-refractivity contribution in [2.45, 2.75) is 56.4 Å². The third-order valence-corrected chi connectivity index (χ3v) is 6.90. The molecule has 5 nitrogen and oxygen atoms in total. The van der Waals surface area contributed by atoms with Crippen LogP contribution in [-0.2, 0) is 9.47 Å². The van der Waals surface area contributed by atoms with Gasteiger partial charge in [0.2, 0.25) is 0 Å². The van der Waals surface area contributed by atoms with Crippen molar-refractivity contribution in [3.63, 3.8) is 0 Å². The van der Waals surface area contributed by atoms with E-state index in [4.69, 9.17) is 9.47 Å². The molecule has 0 aromatic heterocycles. The van der Waals surface area contributed by atoms with E-state index < -0.39 is 5.79 Å². The van der Waals surface area contributed by atoms with Gasteiger partial charge in [0.25, 0.3) is 5.91 Å². The second-order valence-electron chi connectivity index (χ2n) is 8.00. The highest BCUT2D eigenvalue weighted by molar-refractivity contribution is 9.10. The lowest BCUT2D eigenvalue weighted by Gasteiger charge is -2.49. The predicted molar refractivity (Wildman–Crippen MR) is 108 cm³/mol. The van der Waals surface area contributed by atoms with Gasteiger partial charge in [-0.05, 0) is 56.6 Å². The van der Waals surface area contributed by atoms with E-state index in [-0.39, 0.29) is 11.9 Å². The lowest BCUT2D eigenvalue weighted by atomic mass is 9.83. The van der Waals surface area contributed by atoms with Crippen LogP contribution in [0.4, 0.5) is 0 Å². The molecule has 3 aliphatic rings. The van der Waals surface area contributed by atoms with Gasteiger partial charge in [0.05, 0.1) is 19.3 Å². The maximum Gasteiger partial charge on any atom is 0.253 e. The van der Waals surface area contributed by atoms with E-state index in [1.54, 1.807) is 0 Å². The number of ether oxygens (including phenoxy) is 2. The van der Waals surface area contributed by atoms with E-state index in [2.05, 4.69) is 20.8 Å². The highest BCUT2D eigenvalue weighted by Crippen LogP contribution is 2.40. The van der Waals surface area contributed by atoms with Crippen LogP contribution < -0.4 is 0 Å². The summed E-state index contributed by atoms with van der Waals surface area (Å²) in [6.07, 6.45) is 6.52. The molecule has 2 saturated heterocycles. The van der Waals surface area contributed by atoms with Gasteiger partial charge in [-0.2, -0.15) is 0 Å². The van der Waals surface area contributed by atoms with E-state index in [9.17, 15) is 4.79 Å². The molecule has 1 saturated carbocycles. The Balaban J connectivity index is 1.56. The van der Waals surface area contributed by atoms with Crippen LogP contribution in [0.25, 0.3) is 0 Å². The number of hydrogen-bond acceptors (Lipinski definition) is 4. The van der Waals surface area contributed by atoms with Crippen molar-refractivity contribution >= 4 is 21.8 Å². The lowest BCUT2D eigenvalue weighted by Crippen LogP contribution is -2.59. The maximum absolute atomic E-state index is 13.2. The predicted octanol–water partition coefficient (Wildman–Crippen LogP) is 3.67. The second kappa shape index (κ2) is 8.19. The van der Waals surface area contributed by atoms with E-state index in [0.29, 0.717) is 19.3 Å². The van der Waals surface area contributed by atoms with Crippen molar-refractivity contribution in [2.24, 2.45) is 0 Å². The zero-order valence-corrected chi connectivity index (χ0v) is 17.6. The van der Waals surface area contributed by atoms with Crippen molar-refractivity contribution in [3.05, 3.63) is 34.3 Å². The molecule has 4 rings (SSSR count).